The summed E-state index contributed by atoms with van der Waals surface area (Å²) in [5.41, 5.74) is 2.61. The van der Waals surface area contributed by atoms with Crippen LogP contribution in [0.2, 0.25) is 0 Å². The molecule has 0 saturated heterocycles. The van der Waals surface area contributed by atoms with Crippen LogP contribution in [0.25, 0.3) is 21.9 Å². The standard InChI is InChI=1S/C29H27F3O/c1-3-4-9-25(28(32)23-15-12-19-7-5-6-8-22(19)16-23)21-13-10-20(11-14-21)24-17-26(30)29(33-2)27(31)18-24/h5-8,10-18,25,28H,3-4,9H2,1-2H3. The van der Waals surface area contributed by atoms with E-state index >= 15 is 4.39 Å². The minimum absolute atomic E-state index is 0.301. The van der Waals surface area contributed by atoms with Crippen LogP contribution in [0.5, 0.6) is 5.75 Å². The lowest BCUT2D eigenvalue weighted by Crippen LogP contribution is -2.08. The van der Waals surface area contributed by atoms with Crippen molar-refractivity contribution in [2.45, 2.75) is 38.3 Å². The second kappa shape index (κ2) is 10.1. The first-order chi connectivity index (χ1) is 16.0. The maximum Gasteiger partial charge on any atom is 0.190 e. The number of ether oxygens (including phenoxy) is 1. The van der Waals surface area contributed by atoms with Gasteiger partial charge in [-0.1, -0.05) is 80.4 Å². The van der Waals surface area contributed by atoms with Gasteiger partial charge in [-0.15, -0.1) is 0 Å². The van der Waals surface area contributed by atoms with E-state index in [2.05, 4.69) is 6.92 Å². The Morgan fingerprint density at radius 3 is 2.03 bits per heavy atom. The van der Waals surface area contributed by atoms with Crippen LogP contribution >= 0.6 is 0 Å². The highest BCUT2D eigenvalue weighted by Crippen LogP contribution is 2.40. The van der Waals surface area contributed by atoms with Crippen molar-refractivity contribution < 1.29 is 17.9 Å². The Balaban J connectivity index is 1.64. The maximum absolute atomic E-state index is 15.8. The van der Waals surface area contributed by atoms with E-state index in [-0.39, 0.29) is 5.92 Å². The van der Waals surface area contributed by atoms with Crippen LogP contribution < -0.4 is 4.74 Å². The van der Waals surface area contributed by atoms with Crippen LogP contribution in [0.1, 0.15) is 49.4 Å². The molecule has 170 valence electrons. The van der Waals surface area contributed by atoms with Crippen molar-refractivity contribution in [3.63, 3.8) is 0 Å². The van der Waals surface area contributed by atoms with E-state index in [4.69, 9.17) is 4.74 Å². The first kappa shape index (κ1) is 22.9. The molecule has 0 heterocycles. The van der Waals surface area contributed by atoms with Crippen LogP contribution in [0.3, 0.4) is 0 Å². The second-order valence-electron chi connectivity index (χ2n) is 8.35. The van der Waals surface area contributed by atoms with Crippen molar-refractivity contribution in [1.82, 2.24) is 0 Å². The van der Waals surface area contributed by atoms with Crippen molar-refractivity contribution in [2.24, 2.45) is 0 Å². The van der Waals surface area contributed by atoms with Gasteiger partial charge in [0.25, 0.3) is 0 Å². The summed E-state index contributed by atoms with van der Waals surface area (Å²) >= 11 is 0. The molecule has 33 heavy (non-hydrogen) atoms. The van der Waals surface area contributed by atoms with Gasteiger partial charge in [-0.05, 0) is 57.6 Å². The molecular formula is C29H27F3O. The Kier molecular flexibility index (Phi) is 7.02. The molecule has 0 aliphatic heterocycles. The van der Waals surface area contributed by atoms with E-state index in [9.17, 15) is 8.78 Å². The molecular weight excluding hydrogens is 421 g/mol. The molecule has 0 bridgehead atoms. The van der Waals surface area contributed by atoms with E-state index in [1.807, 2.05) is 54.6 Å². The normalized spacial score (nSPS) is 13.1. The van der Waals surface area contributed by atoms with Crippen LogP contribution in [-0.2, 0) is 0 Å². The Morgan fingerprint density at radius 2 is 1.39 bits per heavy atom. The first-order valence-corrected chi connectivity index (χ1v) is 11.3. The Hall–Kier alpha value is -3.27. The van der Waals surface area contributed by atoms with Gasteiger partial charge < -0.3 is 4.74 Å². The van der Waals surface area contributed by atoms with Crippen molar-refractivity contribution in [3.05, 3.63) is 102 Å². The molecule has 0 aromatic heterocycles. The molecule has 0 radical (unpaired) electrons. The summed E-state index contributed by atoms with van der Waals surface area (Å²) in [6.07, 6.45) is 1.46. The summed E-state index contributed by atoms with van der Waals surface area (Å²) in [5.74, 6) is -2.20. The Morgan fingerprint density at radius 1 is 0.758 bits per heavy atom. The fourth-order valence-corrected chi connectivity index (χ4v) is 4.36. The number of alkyl halides is 1. The van der Waals surface area contributed by atoms with Crippen molar-refractivity contribution in [2.75, 3.05) is 7.11 Å². The molecule has 1 nitrogen and oxygen atoms in total. The van der Waals surface area contributed by atoms with Crippen LogP contribution in [-0.4, -0.2) is 7.11 Å². The number of halogens is 3. The molecule has 4 aromatic rings. The minimum atomic E-state index is -1.15. The number of rotatable bonds is 8. The zero-order valence-electron chi connectivity index (χ0n) is 18.8. The van der Waals surface area contributed by atoms with Gasteiger partial charge in [-0.25, -0.2) is 13.2 Å². The lowest BCUT2D eigenvalue weighted by atomic mass is 9.85. The molecule has 0 amide bonds. The molecule has 2 atom stereocenters. The summed E-state index contributed by atoms with van der Waals surface area (Å²) < 4.78 is 48.9. The van der Waals surface area contributed by atoms with E-state index in [1.54, 1.807) is 12.1 Å². The first-order valence-electron chi connectivity index (χ1n) is 11.3. The number of benzene rings is 4. The molecule has 0 aliphatic rings. The topological polar surface area (TPSA) is 9.23 Å². The van der Waals surface area contributed by atoms with E-state index < -0.39 is 23.6 Å². The highest BCUT2D eigenvalue weighted by atomic mass is 19.1. The third-order valence-corrected chi connectivity index (χ3v) is 6.19. The molecule has 4 heteroatoms. The summed E-state index contributed by atoms with van der Waals surface area (Å²) in [5, 5.41) is 2.10. The fraction of sp³-hybridized carbons (Fsp3) is 0.241. The summed E-state index contributed by atoms with van der Waals surface area (Å²) in [6, 6.07) is 23.5. The molecule has 0 N–H and O–H groups in total. The summed E-state index contributed by atoms with van der Waals surface area (Å²) in [6.45, 7) is 2.09. The summed E-state index contributed by atoms with van der Waals surface area (Å²) in [4.78, 5) is 0. The van der Waals surface area contributed by atoms with Gasteiger partial charge in [0.15, 0.2) is 17.4 Å². The van der Waals surface area contributed by atoms with Crippen molar-refractivity contribution >= 4 is 10.8 Å². The average Bonchev–Trinajstić information content (AvgIpc) is 2.84. The van der Waals surface area contributed by atoms with Crippen molar-refractivity contribution in [3.8, 4) is 16.9 Å². The number of hydrogen-bond donors (Lipinski definition) is 0. The van der Waals surface area contributed by atoms with E-state index in [0.29, 0.717) is 16.7 Å². The molecule has 0 spiro atoms. The lowest BCUT2D eigenvalue weighted by Gasteiger charge is -2.23. The summed E-state index contributed by atoms with van der Waals surface area (Å²) in [7, 11) is 1.23. The Labute approximate surface area is 192 Å². The van der Waals surface area contributed by atoms with Crippen LogP contribution in [0.15, 0.2) is 78.9 Å². The highest BCUT2D eigenvalue weighted by Gasteiger charge is 2.24. The molecule has 2 unspecified atom stereocenters. The SMILES string of the molecule is CCCCC(c1ccc(-c2cc(F)c(OC)c(F)c2)cc1)C(F)c1ccc2ccccc2c1. The van der Waals surface area contributed by atoms with Gasteiger partial charge in [0.2, 0.25) is 0 Å². The zero-order valence-corrected chi connectivity index (χ0v) is 18.8. The predicted molar refractivity (Wildman–Crippen MR) is 128 cm³/mol. The average molecular weight is 449 g/mol. The monoisotopic (exact) mass is 448 g/mol. The van der Waals surface area contributed by atoms with Crippen LogP contribution in [0.4, 0.5) is 13.2 Å². The second-order valence-corrected chi connectivity index (χ2v) is 8.35. The van der Waals surface area contributed by atoms with Gasteiger partial charge in [-0.2, -0.15) is 0 Å². The number of fused-ring (bicyclic) bond motifs is 1. The van der Waals surface area contributed by atoms with Gasteiger partial charge in [0, 0.05) is 5.92 Å². The van der Waals surface area contributed by atoms with Crippen LogP contribution in [0, 0.1) is 11.6 Å². The van der Waals surface area contributed by atoms with Crippen molar-refractivity contribution in [1.29, 1.82) is 0 Å². The fourth-order valence-electron chi connectivity index (χ4n) is 4.36. The van der Waals surface area contributed by atoms with Gasteiger partial charge >= 0.3 is 0 Å². The minimum Gasteiger partial charge on any atom is -0.491 e. The smallest absolute Gasteiger partial charge is 0.190 e. The molecule has 0 saturated carbocycles. The molecule has 0 aliphatic carbocycles. The number of hydrogen-bond acceptors (Lipinski definition) is 1. The van der Waals surface area contributed by atoms with Gasteiger partial charge in [-0.3, -0.25) is 0 Å². The molecule has 0 fully saturated rings. The largest absolute Gasteiger partial charge is 0.491 e. The predicted octanol–water partition coefficient (Wildman–Crippen LogP) is 8.78. The highest BCUT2D eigenvalue weighted by molar-refractivity contribution is 5.83. The quantitative estimate of drug-likeness (QED) is 0.262. The lowest BCUT2D eigenvalue weighted by molar-refractivity contribution is 0.274. The Bertz CT molecular complexity index is 1210. The zero-order chi connectivity index (χ0) is 23.4. The number of unbranched alkanes of at least 4 members (excludes halogenated alkanes) is 1. The van der Waals surface area contributed by atoms with Gasteiger partial charge in [0.1, 0.15) is 6.17 Å². The van der Waals surface area contributed by atoms with Gasteiger partial charge in [0.05, 0.1) is 7.11 Å². The molecule has 4 aromatic carbocycles. The van der Waals surface area contributed by atoms with E-state index in [1.165, 1.54) is 19.2 Å². The maximum atomic E-state index is 15.8. The number of methoxy groups -OCH3 is 1. The third-order valence-electron chi connectivity index (χ3n) is 6.19. The molecule has 4 rings (SSSR count). The van der Waals surface area contributed by atoms with E-state index in [0.717, 1.165) is 35.6 Å². The third kappa shape index (κ3) is 4.90.